The van der Waals surface area contributed by atoms with Crippen LogP contribution in [-0.2, 0) is 4.79 Å². The predicted molar refractivity (Wildman–Crippen MR) is 88.5 cm³/mol. The SMILES string of the molecule is CN(C)C(=O)c1ccc(NC(=O)/C=C/c2cccc(F)c2)cc1. The van der Waals surface area contributed by atoms with Gasteiger partial charge in [0.1, 0.15) is 5.82 Å². The normalized spacial score (nSPS) is 10.6. The molecule has 4 nitrogen and oxygen atoms in total. The summed E-state index contributed by atoms with van der Waals surface area (Å²) in [6, 6.07) is 12.6. The number of hydrogen-bond donors (Lipinski definition) is 1. The van der Waals surface area contributed by atoms with Gasteiger partial charge in [-0.25, -0.2) is 4.39 Å². The second-order valence-electron chi connectivity index (χ2n) is 5.15. The average molecular weight is 312 g/mol. The predicted octanol–water partition coefficient (Wildman–Crippen LogP) is 3.18. The summed E-state index contributed by atoms with van der Waals surface area (Å²) in [7, 11) is 3.35. The van der Waals surface area contributed by atoms with Crippen LogP contribution >= 0.6 is 0 Å². The molecule has 2 aromatic carbocycles. The van der Waals surface area contributed by atoms with Crippen LogP contribution in [0.3, 0.4) is 0 Å². The molecule has 0 aliphatic rings. The minimum atomic E-state index is -0.353. The highest BCUT2D eigenvalue weighted by atomic mass is 19.1. The number of hydrogen-bond acceptors (Lipinski definition) is 2. The number of nitrogens with one attached hydrogen (secondary N) is 1. The third-order valence-corrected chi connectivity index (χ3v) is 3.08. The van der Waals surface area contributed by atoms with E-state index in [0.717, 1.165) is 0 Å². The van der Waals surface area contributed by atoms with Crippen LogP contribution in [0.15, 0.2) is 54.6 Å². The van der Waals surface area contributed by atoms with E-state index in [4.69, 9.17) is 0 Å². The van der Waals surface area contributed by atoms with Gasteiger partial charge in [0.25, 0.3) is 5.91 Å². The molecule has 0 aromatic heterocycles. The van der Waals surface area contributed by atoms with E-state index in [0.29, 0.717) is 16.8 Å². The molecule has 2 rings (SSSR count). The second-order valence-corrected chi connectivity index (χ2v) is 5.15. The van der Waals surface area contributed by atoms with Gasteiger partial charge in [-0.15, -0.1) is 0 Å². The quantitative estimate of drug-likeness (QED) is 0.882. The van der Waals surface area contributed by atoms with Crippen LogP contribution in [0.2, 0.25) is 0 Å². The summed E-state index contributed by atoms with van der Waals surface area (Å²) >= 11 is 0. The molecule has 0 atom stereocenters. The molecule has 0 heterocycles. The minimum absolute atomic E-state index is 0.103. The standard InChI is InChI=1S/C18H17FN2O2/c1-21(2)18(23)14-7-9-16(10-8-14)20-17(22)11-6-13-4-3-5-15(19)12-13/h3-12H,1-2H3,(H,20,22)/b11-6+. The number of nitrogens with zero attached hydrogens (tertiary/aromatic N) is 1. The minimum Gasteiger partial charge on any atom is -0.345 e. The zero-order valence-corrected chi connectivity index (χ0v) is 12.9. The van der Waals surface area contributed by atoms with Gasteiger partial charge in [0, 0.05) is 31.4 Å². The van der Waals surface area contributed by atoms with Gasteiger partial charge >= 0.3 is 0 Å². The highest BCUT2D eigenvalue weighted by Gasteiger charge is 2.07. The molecule has 118 valence electrons. The van der Waals surface area contributed by atoms with Crippen molar-refractivity contribution in [2.45, 2.75) is 0 Å². The number of amides is 2. The summed E-state index contributed by atoms with van der Waals surface area (Å²) < 4.78 is 13.0. The van der Waals surface area contributed by atoms with E-state index in [1.54, 1.807) is 50.5 Å². The van der Waals surface area contributed by atoms with Gasteiger partial charge < -0.3 is 10.2 Å². The molecule has 0 fully saturated rings. The number of halogens is 1. The fourth-order valence-electron chi connectivity index (χ4n) is 1.92. The molecule has 0 saturated heterocycles. The molecule has 23 heavy (non-hydrogen) atoms. The van der Waals surface area contributed by atoms with Crippen LogP contribution < -0.4 is 5.32 Å². The molecule has 0 unspecified atom stereocenters. The fourth-order valence-corrected chi connectivity index (χ4v) is 1.92. The Kier molecular flexibility index (Phi) is 5.25. The first kappa shape index (κ1) is 16.4. The molecule has 0 saturated carbocycles. The van der Waals surface area contributed by atoms with Crippen molar-refractivity contribution < 1.29 is 14.0 Å². The van der Waals surface area contributed by atoms with Crippen LogP contribution in [0.25, 0.3) is 6.08 Å². The average Bonchev–Trinajstić information content (AvgIpc) is 2.53. The monoisotopic (exact) mass is 312 g/mol. The highest BCUT2D eigenvalue weighted by molar-refractivity contribution is 6.02. The van der Waals surface area contributed by atoms with Crippen LogP contribution in [-0.4, -0.2) is 30.8 Å². The van der Waals surface area contributed by atoms with Crippen molar-refractivity contribution in [2.75, 3.05) is 19.4 Å². The van der Waals surface area contributed by atoms with Gasteiger partial charge in [0.2, 0.25) is 5.91 Å². The van der Waals surface area contributed by atoms with Crippen molar-refractivity contribution >= 4 is 23.6 Å². The van der Waals surface area contributed by atoms with Crippen LogP contribution in [0.4, 0.5) is 10.1 Å². The number of rotatable bonds is 4. The summed E-state index contributed by atoms with van der Waals surface area (Å²) in [5, 5.41) is 2.68. The lowest BCUT2D eigenvalue weighted by Gasteiger charge is -2.10. The van der Waals surface area contributed by atoms with Crippen LogP contribution in [0.5, 0.6) is 0 Å². The lowest BCUT2D eigenvalue weighted by atomic mass is 10.2. The van der Waals surface area contributed by atoms with Gasteiger partial charge in [-0.3, -0.25) is 9.59 Å². The van der Waals surface area contributed by atoms with Crippen LogP contribution in [0.1, 0.15) is 15.9 Å². The van der Waals surface area contributed by atoms with E-state index in [2.05, 4.69) is 5.32 Å². The topological polar surface area (TPSA) is 49.4 Å². The van der Waals surface area contributed by atoms with E-state index in [9.17, 15) is 14.0 Å². The summed E-state index contributed by atoms with van der Waals surface area (Å²) in [6.07, 6.45) is 2.86. The first-order valence-electron chi connectivity index (χ1n) is 7.02. The number of carbonyl (C=O) groups is 2. The molecule has 0 bridgehead atoms. The molecule has 0 aliphatic carbocycles. The van der Waals surface area contributed by atoms with Crippen molar-refractivity contribution in [3.05, 3.63) is 71.6 Å². The maximum absolute atomic E-state index is 13.0. The summed E-state index contributed by atoms with van der Waals surface area (Å²) in [5.74, 6) is -0.788. The molecule has 5 heteroatoms. The number of anilines is 1. The zero-order valence-electron chi connectivity index (χ0n) is 12.9. The Morgan fingerprint density at radius 3 is 2.39 bits per heavy atom. The lowest BCUT2D eigenvalue weighted by molar-refractivity contribution is -0.111. The van der Waals surface area contributed by atoms with Gasteiger partial charge in [0.05, 0.1) is 0 Å². The number of carbonyl (C=O) groups excluding carboxylic acids is 2. The maximum Gasteiger partial charge on any atom is 0.253 e. The largest absolute Gasteiger partial charge is 0.345 e. The summed E-state index contributed by atoms with van der Waals surface area (Å²) in [5.41, 5.74) is 1.73. The first-order valence-corrected chi connectivity index (χ1v) is 7.02. The number of benzene rings is 2. The first-order chi connectivity index (χ1) is 11.0. The Hall–Kier alpha value is -2.95. The van der Waals surface area contributed by atoms with Crippen molar-refractivity contribution in [1.29, 1.82) is 0 Å². The van der Waals surface area contributed by atoms with Crippen molar-refractivity contribution in [2.24, 2.45) is 0 Å². The van der Waals surface area contributed by atoms with E-state index >= 15 is 0 Å². The summed E-state index contributed by atoms with van der Waals surface area (Å²) in [6.45, 7) is 0. The third kappa shape index (κ3) is 4.78. The Labute approximate surface area is 134 Å². The van der Waals surface area contributed by atoms with Gasteiger partial charge in [-0.1, -0.05) is 12.1 Å². The molecular weight excluding hydrogens is 295 g/mol. The molecule has 0 aliphatic heterocycles. The molecule has 0 radical (unpaired) electrons. The van der Waals surface area contributed by atoms with E-state index in [-0.39, 0.29) is 17.6 Å². The Morgan fingerprint density at radius 2 is 1.78 bits per heavy atom. The fraction of sp³-hybridized carbons (Fsp3) is 0.111. The van der Waals surface area contributed by atoms with Crippen molar-refractivity contribution in [1.82, 2.24) is 4.90 Å². The Balaban J connectivity index is 1.99. The maximum atomic E-state index is 13.0. The van der Waals surface area contributed by atoms with E-state index in [1.165, 1.54) is 29.2 Å². The van der Waals surface area contributed by atoms with Crippen LogP contribution in [0, 0.1) is 5.82 Å². The van der Waals surface area contributed by atoms with Gasteiger partial charge in [-0.2, -0.15) is 0 Å². The molecular formula is C18H17FN2O2. The zero-order chi connectivity index (χ0) is 16.8. The van der Waals surface area contributed by atoms with Crippen molar-refractivity contribution in [3.63, 3.8) is 0 Å². The van der Waals surface area contributed by atoms with E-state index in [1.807, 2.05) is 0 Å². The Bertz CT molecular complexity index is 737. The molecule has 2 aromatic rings. The van der Waals surface area contributed by atoms with E-state index < -0.39 is 0 Å². The van der Waals surface area contributed by atoms with Gasteiger partial charge in [-0.05, 0) is 48.0 Å². The lowest BCUT2D eigenvalue weighted by Crippen LogP contribution is -2.21. The molecule has 0 spiro atoms. The smallest absolute Gasteiger partial charge is 0.253 e. The Morgan fingerprint density at radius 1 is 1.09 bits per heavy atom. The van der Waals surface area contributed by atoms with Crippen molar-refractivity contribution in [3.8, 4) is 0 Å². The summed E-state index contributed by atoms with van der Waals surface area (Å²) in [4.78, 5) is 25.1. The molecule has 2 amide bonds. The van der Waals surface area contributed by atoms with Gasteiger partial charge in [0.15, 0.2) is 0 Å². The highest BCUT2D eigenvalue weighted by Crippen LogP contribution is 2.11. The third-order valence-electron chi connectivity index (χ3n) is 3.08. The molecule has 1 N–H and O–H groups in total. The second kappa shape index (κ2) is 7.35.